The van der Waals surface area contributed by atoms with Gasteiger partial charge in [0.25, 0.3) is 0 Å². The molecule has 0 fully saturated rings. The van der Waals surface area contributed by atoms with Gasteiger partial charge in [-0.05, 0) is 30.2 Å². The van der Waals surface area contributed by atoms with Gasteiger partial charge in [0.1, 0.15) is 23.7 Å². The molecule has 0 N–H and O–H groups in total. The van der Waals surface area contributed by atoms with Crippen LogP contribution in [0.1, 0.15) is 21.5 Å². The first-order chi connectivity index (χ1) is 9.24. The summed E-state index contributed by atoms with van der Waals surface area (Å²) in [6.07, 6.45) is 0. The first kappa shape index (κ1) is 11.8. The van der Waals surface area contributed by atoms with Gasteiger partial charge in [0.15, 0.2) is 6.61 Å². The van der Waals surface area contributed by atoms with Gasteiger partial charge in [0.05, 0.1) is 0 Å². The number of hydrogen-bond acceptors (Lipinski definition) is 3. The van der Waals surface area contributed by atoms with E-state index in [1.165, 1.54) is 0 Å². The number of rotatable bonds is 3. The highest BCUT2D eigenvalue weighted by Crippen LogP contribution is 2.35. The van der Waals surface area contributed by atoms with Crippen LogP contribution in [0.4, 0.5) is 0 Å². The summed E-state index contributed by atoms with van der Waals surface area (Å²) in [5.41, 5.74) is 2.67. The summed E-state index contributed by atoms with van der Waals surface area (Å²) in [4.78, 5) is 11.8. The Morgan fingerprint density at radius 3 is 2.79 bits per heavy atom. The van der Waals surface area contributed by atoms with E-state index in [0.717, 1.165) is 11.1 Å². The molecule has 0 unspecified atom stereocenters. The number of aryl methyl sites for hydroxylation is 1. The highest BCUT2D eigenvalue weighted by atomic mass is 16.5. The van der Waals surface area contributed by atoms with Gasteiger partial charge in [-0.15, -0.1) is 0 Å². The molecule has 1 aliphatic heterocycles. The minimum atomic E-state index is -0.0157. The van der Waals surface area contributed by atoms with Crippen molar-refractivity contribution in [2.45, 2.75) is 13.5 Å². The van der Waals surface area contributed by atoms with E-state index in [0.29, 0.717) is 23.7 Å². The van der Waals surface area contributed by atoms with Gasteiger partial charge in [-0.1, -0.05) is 30.3 Å². The quantitative estimate of drug-likeness (QED) is 0.844. The van der Waals surface area contributed by atoms with Crippen LogP contribution in [-0.4, -0.2) is 12.4 Å². The summed E-state index contributed by atoms with van der Waals surface area (Å²) in [5, 5.41) is 0. The van der Waals surface area contributed by atoms with Crippen molar-refractivity contribution < 1.29 is 14.3 Å². The molecule has 0 bridgehead atoms. The van der Waals surface area contributed by atoms with Crippen LogP contribution < -0.4 is 9.47 Å². The van der Waals surface area contributed by atoms with Gasteiger partial charge in [0.2, 0.25) is 5.78 Å². The van der Waals surface area contributed by atoms with Crippen LogP contribution in [-0.2, 0) is 6.61 Å². The lowest BCUT2D eigenvalue weighted by Gasteiger charge is -2.10. The maximum atomic E-state index is 11.8. The van der Waals surface area contributed by atoms with Gasteiger partial charge in [-0.25, -0.2) is 0 Å². The van der Waals surface area contributed by atoms with Crippen molar-refractivity contribution in [3.63, 3.8) is 0 Å². The van der Waals surface area contributed by atoms with Crippen molar-refractivity contribution in [3.8, 4) is 11.5 Å². The number of carbonyl (C=O) groups excluding carboxylic acids is 1. The smallest absolute Gasteiger partial charge is 0.207 e. The molecule has 96 valence electrons. The Bertz CT molecular complexity index is 617. The molecular weight excluding hydrogens is 240 g/mol. The van der Waals surface area contributed by atoms with Crippen molar-refractivity contribution in [1.29, 1.82) is 0 Å². The van der Waals surface area contributed by atoms with E-state index in [1.807, 2.05) is 49.4 Å². The Hall–Kier alpha value is -2.29. The van der Waals surface area contributed by atoms with Crippen LogP contribution in [0.15, 0.2) is 42.5 Å². The molecule has 0 atom stereocenters. The fourth-order valence-corrected chi connectivity index (χ4v) is 2.17. The zero-order chi connectivity index (χ0) is 13.2. The lowest BCUT2D eigenvalue weighted by molar-refractivity contribution is 0.0958. The Labute approximate surface area is 111 Å². The Morgan fingerprint density at radius 2 is 2.00 bits per heavy atom. The second kappa shape index (κ2) is 4.76. The van der Waals surface area contributed by atoms with Gasteiger partial charge in [0, 0.05) is 0 Å². The largest absolute Gasteiger partial charge is 0.488 e. The lowest BCUT2D eigenvalue weighted by Crippen LogP contribution is -2.03. The highest BCUT2D eigenvalue weighted by molar-refractivity contribution is 6.04. The highest BCUT2D eigenvalue weighted by Gasteiger charge is 2.26. The predicted octanol–water partition coefficient (Wildman–Crippen LogP) is 3.15. The van der Waals surface area contributed by atoms with E-state index in [1.54, 1.807) is 0 Å². The second-order valence-electron chi connectivity index (χ2n) is 4.62. The fourth-order valence-electron chi connectivity index (χ4n) is 2.17. The third kappa shape index (κ3) is 2.32. The molecule has 0 radical (unpaired) electrons. The standard InChI is InChI=1S/C16H14O3/c1-11-7-14(16-13(17)10-19-15(16)8-11)18-9-12-5-3-2-4-6-12/h2-8H,9-10H2,1H3. The van der Waals surface area contributed by atoms with E-state index < -0.39 is 0 Å². The van der Waals surface area contributed by atoms with Crippen molar-refractivity contribution in [1.82, 2.24) is 0 Å². The van der Waals surface area contributed by atoms with Crippen LogP contribution in [0.3, 0.4) is 0 Å². The number of ether oxygens (including phenoxy) is 2. The van der Waals surface area contributed by atoms with E-state index in [2.05, 4.69) is 0 Å². The molecule has 0 saturated heterocycles. The Balaban J connectivity index is 1.87. The minimum absolute atomic E-state index is 0.0157. The number of hydrogen-bond donors (Lipinski definition) is 0. The summed E-state index contributed by atoms with van der Waals surface area (Å²) < 4.78 is 11.1. The molecule has 3 heteroatoms. The molecule has 0 aliphatic carbocycles. The second-order valence-corrected chi connectivity index (χ2v) is 4.62. The molecule has 0 aromatic heterocycles. The maximum absolute atomic E-state index is 11.8. The van der Waals surface area contributed by atoms with Gasteiger partial charge in [-0.3, -0.25) is 4.79 Å². The lowest BCUT2D eigenvalue weighted by atomic mass is 10.1. The first-order valence-corrected chi connectivity index (χ1v) is 6.21. The summed E-state index contributed by atoms with van der Waals surface area (Å²) in [6, 6.07) is 13.6. The molecule has 2 aromatic carbocycles. The zero-order valence-electron chi connectivity index (χ0n) is 10.7. The van der Waals surface area contributed by atoms with Crippen LogP contribution in [0, 0.1) is 6.92 Å². The van der Waals surface area contributed by atoms with Crippen LogP contribution in [0.25, 0.3) is 0 Å². The maximum Gasteiger partial charge on any atom is 0.207 e. The van der Waals surface area contributed by atoms with E-state index in [4.69, 9.17) is 9.47 Å². The number of Topliss-reactive ketones (excluding diaryl/α,β-unsaturated/α-hetero) is 1. The van der Waals surface area contributed by atoms with Crippen LogP contribution in [0.2, 0.25) is 0 Å². The Kier molecular flexibility index (Phi) is 2.95. The van der Waals surface area contributed by atoms with E-state index in [9.17, 15) is 4.79 Å². The normalized spacial score (nSPS) is 13.0. The number of benzene rings is 2. The van der Waals surface area contributed by atoms with E-state index in [-0.39, 0.29) is 12.4 Å². The molecule has 19 heavy (non-hydrogen) atoms. The topological polar surface area (TPSA) is 35.5 Å². The number of ketones is 1. The summed E-state index contributed by atoms with van der Waals surface area (Å²) >= 11 is 0. The monoisotopic (exact) mass is 254 g/mol. The molecule has 0 saturated carbocycles. The molecule has 1 aliphatic rings. The van der Waals surface area contributed by atoms with Gasteiger partial charge < -0.3 is 9.47 Å². The molecule has 0 amide bonds. The first-order valence-electron chi connectivity index (χ1n) is 6.21. The van der Waals surface area contributed by atoms with E-state index >= 15 is 0 Å². The average Bonchev–Trinajstić information content (AvgIpc) is 2.79. The summed E-state index contributed by atoms with van der Waals surface area (Å²) in [7, 11) is 0. The number of fused-ring (bicyclic) bond motifs is 1. The molecule has 2 aromatic rings. The third-order valence-corrected chi connectivity index (χ3v) is 3.09. The van der Waals surface area contributed by atoms with Crippen molar-refractivity contribution in [2.75, 3.05) is 6.61 Å². The van der Waals surface area contributed by atoms with Gasteiger partial charge >= 0.3 is 0 Å². The molecule has 1 heterocycles. The Morgan fingerprint density at radius 1 is 1.21 bits per heavy atom. The zero-order valence-corrected chi connectivity index (χ0v) is 10.7. The third-order valence-electron chi connectivity index (χ3n) is 3.09. The minimum Gasteiger partial charge on any atom is -0.488 e. The summed E-state index contributed by atoms with van der Waals surface area (Å²) in [6.45, 7) is 2.52. The van der Waals surface area contributed by atoms with Crippen molar-refractivity contribution >= 4 is 5.78 Å². The SMILES string of the molecule is Cc1cc2c(c(OCc3ccccc3)c1)C(=O)CO2. The van der Waals surface area contributed by atoms with Crippen LogP contribution in [0.5, 0.6) is 11.5 Å². The molecule has 3 rings (SSSR count). The van der Waals surface area contributed by atoms with Crippen molar-refractivity contribution in [2.24, 2.45) is 0 Å². The molecule has 3 nitrogen and oxygen atoms in total. The predicted molar refractivity (Wildman–Crippen MR) is 71.8 cm³/mol. The van der Waals surface area contributed by atoms with Crippen molar-refractivity contribution in [3.05, 3.63) is 59.2 Å². The molecular formula is C16H14O3. The summed E-state index contributed by atoms with van der Waals surface area (Å²) in [5.74, 6) is 1.23. The molecule has 0 spiro atoms. The average molecular weight is 254 g/mol. The van der Waals surface area contributed by atoms with Crippen LogP contribution >= 0.6 is 0 Å². The van der Waals surface area contributed by atoms with Gasteiger partial charge in [-0.2, -0.15) is 0 Å². The fraction of sp³-hybridized carbons (Fsp3) is 0.188. The number of carbonyl (C=O) groups is 1.